The van der Waals surface area contributed by atoms with Crippen LogP contribution in [0.2, 0.25) is 5.02 Å². The maximum absolute atomic E-state index is 17.7. The van der Waals surface area contributed by atoms with Crippen molar-refractivity contribution in [1.82, 2.24) is 0 Å². The maximum atomic E-state index is 17.7. The number of anilines is 1. The molecule has 11 heteroatoms. The Balaban J connectivity index is 1.32. The first-order chi connectivity index (χ1) is 21.8. The number of carbonyl (C=O) groups excluding carboxylic acids is 3. The lowest BCUT2D eigenvalue weighted by Gasteiger charge is -2.63. The lowest BCUT2D eigenvalue weighted by molar-refractivity contribution is -0.228. The van der Waals surface area contributed by atoms with Crippen LogP contribution in [0.4, 0.5) is 19.3 Å². The number of rotatable bonds is 9. The van der Waals surface area contributed by atoms with E-state index in [0.717, 1.165) is 25.3 Å². The first kappa shape index (κ1) is 33.1. The molecule has 0 spiro atoms. The van der Waals surface area contributed by atoms with Crippen molar-refractivity contribution in [1.29, 1.82) is 0 Å². The first-order valence-corrected chi connectivity index (χ1v) is 16.7. The third-order valence-corrected chi connectivity index (χ3v) is 11.9. The van der Waals surface area contributed by atoms with Crippen LogP contribution in [0.5, 0.6) is 0 Å². The summed E-state index contributed by atoms with van der Waals surface area (Å²) in [6.07, 6.45) is 3.18. The van der Waals surface area contributed by atoms with Gasteiger partial charge >= 0.3 is 6.16 Å². The third-order valence-electron chi connectivity index (χ3n) is 11.7. The van der Waals surface area contributed by atoms with E-state index in [0.29, 0.717) is 23.6 Å². The Morgan fingerprint density at radius 3 is 2.57 bits per heavy atom. The van der Waals surface area contributed by atoms with Gasteiger partial charge in [-0.05, 0) is 80.5 Å². The van der Waals surface area contributed by atoms with Crippen LogP contribution in [-0.4, -0.2) is 66.1 Å². The predicted octanol–water partition coefficient (Wildman–Crippen LogP) is 6.68. The minimum absolute atomic E-state index is 0.0390. The number of allylic oxidation sites excluding steroid dienone is 4. The van der Waals surface area contributed by atoms with E-state index in [9.17, 15) is 19.5 Å². The molecule has 1 saturated heterocycles. The molecule has 0 bridgehead atoms. The molecule has 9 unspecified atom stereocenters. The summed E-state index contributed by atoms with van der Waals surface area (Å²) >= 11 is 6.12. The predicted molar refractivity (Wildman–Crippen MR) is 167 cm³/mol. The van der Waals surface area contributed by atoms with Gasteiger partial charge in [0.25, 0.3) is 0 Å². The Bertz CT molecular complexity index is 1450. The van der Waals surface area contributed by atoms with Crippen molar-refractivity contribution in [3.8, 4) is 0 Å². The number of aliphatic hydroxyl groups is 1. The number of hydroxylamine groups is 1. The molecular weight excluding hydrogens is 620 g/mol. The number of hydrogen-bond acceptors (Lipinski definition) is 8. The Morgan fingerprint density at radius 1 is 1.11 bits per heavy atom. The van der Waals surface area contributed by atoms with Gasteiger partial charge in [0.2, 0.25) is 5.78 Å². The third kappa shape index (κ3) is 4.84. The number of unbranched alkanes of at least 4 members (excludes halogenated alkanes) is 3. The molecule has 5 aliphatic rings. The van der Waals surface area contributed by atoms with Gasteiger partial charge in [-0.15, -0.1) is 0 Å². The summed E-state index contributed by atoms with van der Waals surface area (Å²) in [4.78, 5) is 45.7. The van der Waals surface area contributed by atoms with Crippen LogP contribution in [0, 0.1) is 28.6 Å². The van der Waals surface area contributed by atoms with Crippen molar-refractivity contribution in [2.75, 3.05) is 24.8 Å². The van der Waals surface area contributed by atoms with Gasteiger partial charge in [-0.1, -0.05) is 50.8 Å². The Morgan fingerprint density at radius 2 is 1.85 bits per heavy atom. The molecule has 8 nitrogen and oxygen atoms in total. The summed E-state index contributed by atoms with van der Waals surface area (Å²) in [6, 6.07) is 6.92. The second kappa shape index (κ2) is 12.0. The molecule has 6 rings (SSSR count). The topological polar surface area (TPSA) is 102 Å². The van der Waals surface area contributed by atoms with E-state index in [4.69, 9.17) is 25.9 Å². The van der Waals surface area contributed by atoms with Crippen molar-refractivity contribution >= 4 is 35.0 Å². The standard InChI is InChI=1S/C35H42ClF2NO7/c1-4-5-6-7-14-44-31(43)45-20-30(42)35-21(19-39(46-35)23-10-8-22(36)9-11-23)15-25-26-17-28(37)27-16-24(40)12-13-32(27,2)34(26,38)29(41)18-33(25,35)3/h8-13,16,21,25-26,28-29,41H,4-7,14-15,17-20H2,1-3H3. The average molecular weight is 662 g/mol. The van der Waals surface area contributed by atoms with Crippen LogP contribution in [0.15, 0.2) is 48.1 Å². The van der Waals surface area contributed by atoms with Gasteiger partial charge in [-0.2, -0.15) is 0 Å². The van der Waals surface area contributed by atoms with Gasteiger partial charge < -0.3 is 14.6 Å². The smallest absolute Gasteiger partial charge is 0.434 e. The summed E-state index contributed by atoms with van der Waals surface area (Å²) in [5.41, 5.74) is -5.91. The minimum Gasteiger partial charge on any atom is -0.434 e. The fraction of sp³-hybridized carbons (Fsp3) is 0.629. The summed E-state index contributed by atoms with van der Waals surface area (Å²) in [5.74, 6) is -2.96. The van der Waals surface area contributed by atoms with E-state index in [1.165, 1.54) is 12.2 Å². The molecule has 1 aromatic carbocycles. The number of aliphatic hydroxyl groups excluding tert-OH is 1. The van der Waals surface area contributed by atoms with E-state index in [1.807, 2.05) is 0 Å². The highest BCUT2D eigenvalue weighted by atomic mass is 35.5. The normalized spacial score (nSPS) is 39.2. The molecule has 0 aromatic heterocycles. The lowest BCUT2D eigenvalue weighted by atomic mass is 9.44. The van der Waals surface area contributed by atoms with Crippen molar-refractivity contribution in [2.24, 2.45) is 28.6 Å². The number of hydrogen-bond donors (Lipinski definition) is 1. The number of Topliss-reactive ketones (excluding diaryl/α,β-unsaturated/α-hetero) is 1. The second-order valence-electron chi connectivity index (χ2n) is 14.0. The number of carbonyl (C=O) groups is 3. The van der Waals surface area contributed by atoms with Gasteiger partial charge in [0, 0.05) is 27.7 Å². The highest BCUT2D eigenvalue weighted by Crippen LogP contribution is 2.72. The van der Waals surface area contributed by atoms with E-state index in [-0.39, 0.29) is 31.6 Å². The largest absolute Gasteiger partial charge is 0.508 e. The van der Waals surface area contributed by atoms with Crippen molar-refractivity contribution < 1.29 is 42.6 Å². The molecule has 1 N–H and O–H groups in total. The SMILES string of the molecule is CCCCCCOC(=O)OCC(=O)C12ON(c3ccc(Cl)cc3)CC1CC1C3CC(F)C4=CC(=O)C=CC4(C)C3(F)C(O)CC12C. The molecule has 1 aromatic rings. The number of halogens is 3. The zero-order chi connectivity index (χ0) is 33.1. The molecule has 46 heavy (non-hydrogen) atoms. The molecule has 1 heterocycles. The zero-order valence-corrected chi connectivity index (χ0v) is 27.2. The van der Waals surface area contributed by atoms with Gasteiger partial charge in [-0.3, -0.25) is 19.5 Å². The number of alkyl halides is 2. The minimum atomic E-state index is -2.29. The van der Waals surface area contributed by atoms with Crippen LogP contribution in [0.3, 0.4) is 0 Å². The number of ether oxygens (including phenoxy) is 2. The molecule has 1 aliphatic heterocycles. The highest BCUT2D eigenvalue weighted by Gasteiger charge is 2.79. The summed E-state index contributed by atoms with van der Waals surface area (Å²) in [7, 11) is 0. The quantitative estimate of drug-likeness (QED) is 0.231. The van der Waals surface area contributed by atoms with Gasteiger partial charge in [0.15, 0.2) is 23.7 Å². The fourth-order valence-corrected chi connectivity index (χ4v) is 9.59. The molecule has 9 atom stereocenters. The molecule has 4 aliphatic carbocycles. The van der Waals surface area contributed by atoms with Crippen molar-refractivity contribution in [3.63, 3.8) is 0 Å². The van der Waals surface area contributed by atoms with Crippen LogP contribution in [-0.2, 0) is 23.9 Å². The number of nitrogens with zero attached hydrogens (tertiary/aromatic N) is 1. The van der Waals surface area contributed by atoms with Crippen molar-refractivity contribution in [3.05, 3.63) is 53.1 Å². The Hall–Kier alpha value is -2.82. The number of fused-ring (bicyclic) bond motifs is 7. The second-order valence-corrected chi connectivity index (χ2v) is 14.5. The molecule has 4 fully saturated rings. The number of ketones is 2. The highest BCUT2D eigenvalue weighted by molar-refractivity contribution is 6.30. The lowest BCUT2D eigenvalue weighted by Crippen LogP contribution is -2.70. The van der Waals surface area contributed by atoms with E-state index >= 15 is 8.78 Å². The molecule has 3 saturated carbocycles. The van der Waals surface area contributed by atoms with E-state index in [1.54, 1.807) is 43.2 Å². The first-order valence-electron chi connectivity index (χ1n) is 16.3. The van der Waals surface area contributed by atoms with Gasteiger partial charge in [-0.25, -0.2) is 13.6 Å². The Kier molecular flexibility index (Phi) is 8.64. The summed E-state index contributed by atoms with van der Waals surface area (Å²) in [6.45, 7) is 5.23. The fourth-order valence-electron chi connectivity index (χ4n) is 9.47. The van der Waals surface area contributed by atoms with E-state index in [2.05, 4.69) is 6.92 Å². The zero-order valence-electron chi connectivity index (χ0n) is 26.5. The molecule has 0 amide bonds. The summed E-state index contributed by atoms with van der Waals surface area (Å²) in [5, 5.41) is 13.9. The molecule has 250 valence electrons. The summed E-state index contributed by atoms with van der Waals surface area (Å²) < 4.78 is 44.1. The Labute approximate surface area is 273 Å². The van der Waals surface area contributed by atoms with Gasteiger partial charge in [0.05, 0.1) is 24.9 Å². The van der Waals surface area contributed by atoms with Crippen LogP contribution >= 0.6 is 11.6 Å². The number of benzene rings is 1. The van der Waals surface area contributed by atoms with E-state index < -0.39 is 76.5 Å². The van der Waals surface area contributed by atoms with Gasteiger partial charge in [0.1, 0.15) is 6.17 Å². The average Bonchev–Trinajstić information content (AvgIpc) is 3.52. The molecular formula is C35H42ClF2NO7. The molecule has 0 radical (unpaired) electrons. The van der Waals surface area contributed by atoms with Crippen molar-refractivity contribution in [2.45, 2.75) is 89.3 Å². The van der Waals surface area contributed by atoms with Crippen LogP contribution in [0.25, 0.3) is 0 Å². The monoisotopic (exact) mass is 661 g/mol. The van der Waals surface area contributed by atoms with Crippen LogP contribution in [0.1, 0.15) is 65.7 Å². The van der Waals surface area contributed by atoms with Crippen LogP contribution < -0.4 is 5.06 Å². The maximum Gasteiger partial charge on any atom is 0.508 e.